The lowest BCUT2D eigenvalue weighted by molar-refractivity contribution is 0.146. The molecule has 1 atom stereocenters. The monoisotopic (exact) mass is 479 g/mol. The predicted octanol–water partition coefficient (Wildman–Crippen LogP) is 4.22. The van der Waals surface area contributed by atoms with Gasteiger partial charge in [0.1, 0.15) is 23.8 Å². The Morgan fingerprint density at radius 2 is 2.00 bits per heavy atom. The molecule has 1 aromatic carbocycles. The van der Waals surface area contributed by atoms with Crippen molar-refractivity contribution in [1.29, 1.82) is 0 Å². The SMILES string of the molecule is C=N/C=C(\C=C(/C)c1ccc2[nH]nc(-c3nc4c(-c5cncnc5)cncc4[nH]3)c2c1)NC(O)CC. The van der Waals surface area contributed by atoms with Gasteiger partial charge in [0.15, 0.2) is 5.82 Å². The number of nitrogens with zero attached hydrogens (tertiary/aromatic N) is 6. The van der Waals surface area contributed by atoms with Gasteiger partial charge in [0, 0.05) is 41.3 Å². The maximum atomic E-state index is 9.99. The van der Waals surface area contributed by atoms with E-state index in [1.165, 1.54) is 6.33 Å². The molecular formula is C26H25N9O. The maximum absolute atomic E-state index is 9.99. The molecule has 0 aliphatic heterocycles. The summed E-state index contributed by atoms with van der Waals surface area (Å²) in [6.07, 6.45) is 11.9. The number of nitrogens with one attached hydrogen (secondary N) is 3. The summed E-state index contributed by atoms with van der Waals surface area (Å²) in [4.78, 5) is 24.6. The fourth-order valence-corrected chi connectivity index (χ4v) is 3.96. The smallest absolute Gasteiger partial charge is 0.159 e. The minimum Gasteiger partial charge on any atom is -0.374 e. The van der Waals surface area contributed by atoms with Crippen molar-refractivity contribution in [3.8, 4) is 22.6 Å². The average Bonchev–Trinajstić information content (AvgIpc) is 3.52. The summed E-state index contributed by atoms with van der Waals surface area (Å²) in [5.74, 6) is 0.630. The Labute approximate surface area is 207 Å². The molecule has 1 unspecified atom stereocenters. The van der Waals surface area contributed by atoms with E-state index in [9.17, 15) is 5.11 Å². The normalized spacial score (nSPS) is 13.3. The molecule has 5 aromatic rings. The second kappa shape index (κ2) is 9.88. The Bertz CT molecular complexity index is 1600. The molecule has 4 N–H and O–H groups in total. The van der Waals surface area contributed by atoms with Crippen LogP contribution in [-0.4, -0.2) is 53.2 Å². The van der Waals surface area contributed by atoms with Crippen molar-refractivity contribution >= 4 is 34.2 Å². The van der Waals surface area contributed by atoms with Gasteiger partial charge in [0.25, 0.3) is 0 Å². The molecule has 4 heterocycles. The highest BCUT2D eigenvalue weighted by molar-refractivity contribution is 5.97. The lowest BCUT2D eigenvalue weighted by atomic mass is 10.0. The summed E-state index contributed by atoms with van der Waals surface area (Å²) in [6.45, 7) is 7.42. The van der Waals surface area contributed by atoms with Crippen molar-refractivity contribution in [3.63, 3.8) is 0 Å². The first kappa shape index (κ1) is 23.1. The molecule has 10 nitrogen and oxygen atoms in total. The van der Waals surface area contributed by atoms with Gasteiger partial charge < -0.3 is 15.4 Å². The number of benzene rings is 1. The Hall–Kier alpha value is -4.70. The van der Waals surface area contributed by atoms with Gasteiger partial charge in [-0.2, -0.15) is 5.10 Å². The number of pyridine rings is 1. The van der Waals surface area contributed by atoms with Crippen LogP contribution in [0, 0.1) is 0 Å². The molecule has 0 fully saturated rings. The third kappa shape index (κ3) is 4.49. The number of hydrogen-bond donors (Lipinski definition) is 4. The fourth-order valence-electron chi connectivity index (χ4n) is 3.96. The molecule has 36 heavy (non-hydrogen) atoms. The zero-order chi connectivity index (χ0) is 25.1. The van der Waals surface area contributed by atoms with Crippen molar-refractivity contribution in [3.05, 3.63) is 72.9 Å². The number of H-pyrrole nitrogens is 2. The zero-order valence-electron chi connectivity index (χ0n) is 19.9. The van der Waals surface area contributed by atoms with E-state index in [-0.39, 0.29) is 0 Å². The largest absolute Gasteiger partial charge is 0.374 e. The van der Waals surface area contributed by atoms with Crippen LogP contribution in [0.1, 0.15) is 25.8 Å². The van der Waals surface area contributed by atoms with Gasteiger partial charge in [-0.25, -0.2) is 15.0 Å². The second-order valence-electron chi connectivity index (χ2n) is 8.29. The van der Waals surface area contributed by atoms with E-state index in [0.717, 1.165) is 44.2 Å². The van der Waals surface area contributed by atoms with E-state index in [4.69, 9.17) is 4.98 Å². The van der Waals surface area contributed by atoms with Crippen LogP contribution in [0.4, 0.5) is 0 Å². The Morgan fingerprint density at radius 1 is 1.17 bits per heavy atom. The summed E-state index contributed by atoms with van der Waals surface area (Å²) < 4.78 is 0. The number of aromatic nitrogens is 7. The number of aliphatic imine (C=N–C) groups is 1. The van der Waals surface area contributed by atoms with Gasteiger partial charge in [0.05, 0.1) is 22.9 Å². The van der Waals surface area contributed by atoms with Gasteiger partial charge in [-0.05, 0) is 49.4 Å². The third-order valence-electron chi connectivity index (χ3n) is 5.83. The minimum atomic E-state index is -0.667. The fraction of sp³-hybridized carbons (Fsp3) is 0.154. The summed E-state index contributed by atoms with van der Waals surface area (Å²) in [6, 6.07) is 6.06. The lowest BCUT2D eigenvalue weighted by Gasteiger charge is -2.13. The van der Waals surface area contributed by atoms with Gasteiger partial charge in [0.2, 0.25) is 0 Å². The number of hydrogen-bond acceptors (Lipinski definition) is 8. The first-order valence-corrected chi connectivity index (χ1v) is 11.4. The number of aliphatic hydroxyl groups excluding tert-OH is 1. The number of allylic oxidation sites excluding steroid dienone is 2. The molecule has 180 valence electrons. The summed E-state index contributed by atoms with van der Waals surface area (Å²) in [5, 5.41) is 21.6. The van der Waals surface area contributed by atoms with Gasteiger partial charge in [-0.15, -0.1) is 0 Å². The highest BCUT2D eigenvalue weighted by atomic mass is 16.3. The highest BCUT2D eigenvalue weighted by Crippen LogP contribution is 2.31. The number of fused-ring (bicyclic) bond motifs is 2. The van der Waals surface area contributed by atoms with E-state index in [1.54, 1.807) is 31.0 Å². The first-order valence-electron chi connectivity index (χ1n) is 11.4. The topological polar surface area (TPSA) is 141 Å². The molecular weight excluding hydrogens is 454 g/mol. The Balaban J connectivity index is 1.55. The van der Waals surface area contributed by atoms with Crippen LogP contribution >= 0.6 is 0 Å². The van der Waals surface area contributed by atoms with Gasteiger partial charge in [-0.1, -0.05) is 13.0 Å². The van der Waals surface area contributed by atoms with Crippen molar-refractivity contribution < 1.29 is 5.11 Å². The molecule has 0 radical (unpaired) electrons. The molecule has 0 amide bonds. The maximum Gasteiger partial charge on any atom is 0.159 e. The molecule has 10 heteroatoms. The molecule has 0 spiro atoms. The molecule has 5 rings (SSSR count). The van der Waals surface area contributed by atoms with Crippen LogP contribution in [0.3, 0.4) is 0 Å². The molecule has 4 aromatic heterocycles. The van der Waals surface area contributed by atoms with E-state index in [1.807, 2.05) is 32.1 Å². The Kier molecular flexibility index (Phi) is 6.33. The second-order valence-corrected chi connectivity index (χ2v) is 8.29. The summed E-state index contributed by atoms with van der Waals surface area (Å²) >= 11 is 0. The van der Waals surface area contributed by atoms with E-state index < -0.39 is 6.23 Å². The van der Waals surface area contributed by atoms with E-state index in [2.05, 4.69) is 53.2 Å². The number of rotatable bonds is 8. The lowest BCUT2D eigenvalue weighted by Crippen LogP contribution is -2.26. The van der Waals surface area contributed by atoms with Gasteiger partial charge >= 0.3 is 0 Å². The number of aliphatic hydroxyl groups is 1. The molecule has 0 aliphatic rings. The molecule has 0 bridgehead atoms. The molecule has 0 aliphatic carbocycles. The van der Waals surface area contributed by atoms with Crippen molar-refractivity contribution in [2.75, 3.05) is 0 Å². The predicted molar refractivity (Wildman–Crippen MR) is 141 cm³/mol. The van der Waals surface area contributed by atoms with Crippen molar-refractivity contribution in [2.45, 2.75) is 26.5 Å². The highest BCUT2D eigenvalue weighted by Gasteiger charge is 2.16. The number of aromatic amines is 2. The van der Waals surface area contributed by atoms with Crippen molar-refractivity contribution in [1.82, 2.24) is 40.4 Å². The summed E-state index contributed by atoms with van der Waals surface area (Å²) in [5.41, 5.74) is 7.48. The molecule has 0 saturated carbocycles. The van der Waals surface area contributed by atoms with Crippen LogP contribution in [0.15, 0.2) is 72.3 Å². The number of imidazole rings is 1. The third-order valence-corrected chi connectivity index (χ3v) is 5.83. The average molecular weight is 480 g/mol. The van der Waals surface area contributed by atoms with Crippen LogP contribution in [0.2, 0.25) is 0 Å². The quantitative estimate of drug-likeness (QED) is 0.148. The van der Waals surface area contributed by atoms with Gasteiger partial charge in [-0.3, -0.25) is 15.1 Å². The minimum absolute atomic E-state index is 0.567. The van der Waals surface area contributed by atoms with E-state index >= 15 is 0 Å². The van der Waals surface area contributed by atoms with Crippen LogP contribution in [0.5, 0.6) is 0 Å². The van der Waals surface area contributed by atoms with Crippen LogP contribution < -0.4 is 5.32 Å². The van der Waals surface area contributed by atoms with Crippen LogP contribution in [0.25, 0.3) is 50.2 Å². The van der Waals surface area contributed by atoms with Crippen molar-refractivity contribution in [2.24, 2.45) is 4.99 Å². The first-order chi connectivity index (χ1) is 17.6. The molecule has 0 saturated heterocycles. The van der Waals surface area contributed by atoms with E-state index in [0.29, 0.717) is 23.6 Å². The Morgan fingerprint density at radius 3 is 2.78 bits per heavy atom. The standard InChI is InChI=1S/C26H25N9O/c1-4-23(36)31-18(11-27-3)7-15(2)16-5-6-21-19(8-16)25(35-34-21)26-32-22-13-28-12-20(24(22)33-26)17-9-29-14-30-10-17/h5-14,23,31,36H,3-4H2,1-2H3,(H,32,33)(H,34,35)/b15-7+,18-11+. The van der Waals surface area contributed by atoms with Crippen LogP contribution in [-0.2, 0) is 0 Å². The zero-order valence-corrected chi connectivity index (χ0v) is 19.9. The summed E-state index contributed by atoms with van der Waals surface area (Å²) in [7, 11) is 0.